The van der Waals surface area contributed by atoms with Gasteiger partial charge in [0.1, 0.15) is 5.82 Å². The number of anilines is 1. The predicted molar refractivity (Wildman–Crippen MR) is 114 cm³/mol. The van der Waals surface area contributed by atoms with Crippen LogP contribution in [0.4, 0.5) is 10.1 Å². The third kappa shape index (κ3) is 4.09. The molecule has 0 aromatic heterocycles. The molecule has 1 amide bonds. The lowest BCUT2D eigenvalue weighted by Gasteiger charge is -2.28. The van der Waals surface area contributed by atoms with Crippen molar-refractivity contribution in [3.05, 3.63) is 94.3 Å². The zero-order valence-corrected chi connectivity index (χ0v) is 17.4. The van der Waals surface area contributed by atoms with Gasteiger partial charge in [-0.3, -0.25) is 4.79 Å². The Morgan fingerprint density at radius 2 is 1.77 bits per heavy atom. The highest BCUT2D eigenvalue weighted by Gasteiger charge is 2.29. The van der Waals surface area contributed by atoms with Crippen molar-refractivity contribution in [3.63, 3.8) is 0 Å². The second-order valence-electron chi connectivity index (χ2n) is 6.96. The van der Waals surface area contributed by atoms with Crippen molar-refractivity contribution in [1.82, 2.24) is 4.31 Å². The SMILES string of the molecule is O=C(Nc1cccc(F)c1)c1cc(S(=O)(=O)N2CCc3ccccc3C2)ccc1Cl. The van der Waals surface area contributed by atoms with Crippen LogP contribution in [0.15, 0.2) is 71.6 Å². The summed E-state index contributed by atoms with van der Waals surface area (Å²) in [6, 6.07) is 17.2. The van der Waals surface area contributed by atoms with E-state index in [1.54, 1.807) is 0 Å². The fourth-order valence-corrected chi connectivity index (χ4v) is 5.08. The molecule has 0 saturated carbocycles. The van der Waals surface area contributed by atoms with Gasteiger partial charge in [-0.15, -0.1) is 0 Å². The number of sulfonamides is 1. The second kappa shape index (κ2) is 8.18. The minimum absolute atomic E-state index is 0.000544. The molecule has 0 bridgehead atoms. The van der Waals surface area contributed by atoms with E-state index in [9.17, 15) is 17.6 Å². The highest BCUT2D eigenvalue weighted by molar-refractivity contribution is 7.89. The van der Waals surface area contributed by atoms with Gasteiger partial charge < -0.3 is 5.32 Å². The lowest BCUT2D eigenvalue weighted by atomic mass is 10.0. The molecule has 0 radical (unpaired) electrons. The minimum atomic E-state index is -3.82. The number of halogens is 2. The van der Waals surface area contributed by atoms with Gasteiger partial charge in [0, 0.05) is 18.8 Å². The molecule has 0 atom stereocenters. The van der Waals surface area contributed by atoms with Crippen LogP contribution in [0.3, 0.4) is 0 Å². The molecule has 154 valence electrons. The summed E-state index contributed by atoms with van der Waals surface area (Å²) in [5.41, 5.74) is 2.34. The number of nitrogens with zero attached hydrogens (tertiary/aromatic N) is 1. The molecule has 0 fully saturated rings. The third-order valence-corrected chi connectivity index (χ3v) is 7.17. The highest BCUT2D eigenvalue weighted by atomic mass is 35.5. The van der Waals surface area contributed by atoms with Crippen molar-refractivity contribution < 1.29 is 17.6 Å². The largest absolute Gasteiger partial charge is 0.322 e. The number of benzene rings is 3. The van der Waals surface area contributed by atoms with Gasteiger partial charge in [0.15, 0.2) is 0 Å². The Hall–Kier alpha value is -2.74. The monoisotopic (exact) mass is 444 g/mol. The number of rotatable bonds is 4. The molecule has 0 saturated heterocycles. The minimum Gasteiger partial charge on any atom is -0.322 e. The van der Waals surface area contributed by atoms with Crippen LogP contribution in [0.1, 0.15) is 21.5 Å². The van der Waals surface area contributed by atoms with Crippen LogP contribution < -0.4 is 5.32 Å². The van der Waals surface area contributed by atoms with Gasteiger partial charge in [-0.1, -0.05) is 41.9 Å². The fraction of sp³-hybridized carbons (Fsp3) is 0.136. The highest BCUT2D eigenvalue weighted by Crippen LogP contribution is 2.28. The first-order valence-electron chi connectivity index (χ1n) is 9.28. The molecule has 1 aliphatic rings. The average Bonchev–Trinajstić information content (AvgIpc) is 2.73. The van der Waals surface area contributed by atoms with Crippen molar-refractivity contribution in [2.75, 3.05) is 11.9 Å². The molecule has 3 aromatic carbocycles. The summed E-state index contributed by atoms with van der Waals surface area (Å²) in [6.07, 6.45) is 0.621. The number of hydrogen-bond acceptors (Lipinski definition) is 3. The number of amides is 1. The van der Waals surface area contributed by atoms with Crippen molar-refractivity contribution in [2.45, 2.75) is 17.9 Å². The summed E-state index contributed by atoms with van der Waals surface area (Å²) in [5, 5.41) is 2.64. The average molecular weight is 445 g/mol. The quantitative estimate of drug-likeness (QED) is 0.645. The molecule has 30 heavy (non-hydrogen) atoms. The van der Waals surface area contributed by atoms with Crippen LogP contribution >= 0.6 is 11.6 Å². The van der Waals surface area contributed by atoms with Crippen LogP contribution in [0, 0.1) is 5.82 Å². The van der Waals surface area contributed by atoms with E-state index in [2.05, 4.69) is 5.32 Å². The Bertz CT molecular complexity index is 1230. The maximum atomic E-state index is 13.4. The second-order valence-corrected chi connectivity index (χ2v) is 9.31. The van der Waals surface area contributed by atoms with E-state index >= 15 is 0 Å². The van der Waals surface area contributed by atoms with Crippen LogP contribution in [0.5, 0.6) is 0 Å². The van der Waals surface area contributed by atoms with E-state index in [1.807, 2.05) is 24.3 Å². The molecule has 1 aliphatic heterocycles. The maximum Gasteiger partial charge on any atom is 0.257 e. The summed E-state index contributed by atoms with van der Waals surface area (Å²) in [5.74, 6) is -1.12. The standard InChI is InChI=1S/C22H18ClFN2O3S/c23-21-9-8-19(13-20(21)22(27)25-18-7-3-6-17(24)12-18)30(28,29)26-11-10-15-4-1-2-5-16(15)14-26/h1-9,12-13H,10-11,14H2,(H,25,27). The fourth-order valence-electron chi connectivity index (χ4n) is 3.43. The lowest BCUT2D eigenvalue weighted by Crippen LogP contribution is -2.36. The Morgan fingerprint density at radius 1 is 1.00 bits per heavy atom. The van der Waals surface area contributed by atoms with Gasteiger partial charge in [0.25, 0.3) is 5.91 Å². The lowest BCUT2D eigenvalue weighted by molar-refractivity contribution is 0.102. The summed E-state index contributed by atoms with van der Waals surface area (Å²) in [6.45, 7) is 0.624. The number of carbonyl (C=O) groups excluding carboxylic acids is 1. The van der Waals surface area contributed by atoms with Crippen molar-refractivity contribution in [2.24, 2.45) is 0 Å². The zero-order valence-electron chi connectivity index (χ0n) is 15.8. The van der Waals surface area contributed by atoms with Gasteiger partial charge in [-0.05, 0) is 53.9 Å². The number of nitrogens with one attached hydrogen (secondary N) is 1. The molecular formula is C22H18ClFN2O3S. The van der Waals surface area contributed by atoms with Crippen LogP contribution in [0.2, 0.25) is 5.02 Å². The van der Waals surface area contributed by atoms with E-state index < -0.39 is 21.7 Å². The molecule has 0 aliphatic carbocycles. The summed E-state index contributed by atoms with van der Waals surface area (Å²) in [7, 11) is -3.82. The number of fused-ring (bicyclic) bond motifs is 1. The Morgan fingerprint density at radius 3 is 2.53 bits per heavy atom. The number of carbonyl (C=O) groups is 1. The molecule has 5 nitrogen and oxygen atoms in total. The van der Waals surface area contributed by atoms with E-state index in [4.69, 9.17) is 11.6 Å². The van der Waals surface area contributed by atoms with Crippen LogP contribution in [0.25, 0.3) is 0 Å². The summed E-state index contributed by atoms with van der Waals surface area (Å²) < 4.78 is 41.1. The molecule has 4 rings (SSSR count). The first-order chi connectivity index (χ1) is 14.3. The first-order valence-corrected chi connectivity index (χ1v) is 11.1. The van der Waals surface area contributed by atoms with Crippen molar-refractivity contribution in [3.8, 4) is 0 Å². The zero-order chi connectivity index (χ0) is 21.3. The predicted octanol–water partition coefficient (Wildman–Crippen LogP) is 4.48. The number of hydrogen-bond donors (Lipinski definition) is 1. The van der Waals surface area contributed by atoms with Gasteiger partial charge in [-0.2, -0.15) is 4.31 Å². The normalized spacial score (nSPS) is 14.2. The van der Waals surface area contributed by atoms with Gasteiger partial charge in [0.05, 0.1) is 15.5 Å². The summed E-state index contributed by atoms with van der Waals surface area (Å²) >= 11 is 6.15. The van der Waals surface area contributed by atoms with Gasteiger partial charge in [-0.25, -0.2) is 12.8 Å². The van der Waals surface area contributed by atoms with E-state index in [1.165, 1.54) is 40.7 Å². The maximum absolute atomic E-state index is 13.4. The van der Waals surface area contributed by atoms with E-state index in [-0.39, 0.29) is 27.7 Å². The topological polar surface area (TPSA) is 66.5 Å². The molecule has 3 aromatic rings. The summed E-state index contributed by atoms with van der Waals surface area (Å²) in [4.78, 5) is 12.6. The Balaban J connectivity index is 1.61. The Labute approximate surface area is 179 Å². The molecule has 1 N–H and O–H groups in total. The van der Waals surface area contributed by atoms with Crippen molar-refractivity contribution in [1.29, 1.82) is 0 Å². The molecular weight excluding hydrogens is 427 g/mol. The van der Waals surface area contributed by atoms with Crippen LogP contribution in [-0.2, 0) is 23.0 Å². The van der Waals surface area contributed by atoms with Crippen LogP contribution in [-0.4, -0.2) is 25.2 Å². The smallest absolute Gasteiger partial charge is 0.257 e. The van der Waals surface area contributed by atoms with Gasteiger partial charge >= 0.3 is 0 Å². The Kier molecular flexibility index (Phi) is 5.60. The molecule has 8 heteroatoms. The van der Waals surface area contributed by atoms with E-state index in [0.29, 0.717) is 13.0 Å². The molecule has 0 spiro atoms. The van der Waals surface area contributed by atoms with E-state index in [0.717, 1.165) is 17.2 Å². The molecule has 0 unspecified atom stereocenters. The third-order valence-electron chi connectivity index (χ3n) is 5.00. The first kappa shape index (κ1) is 20.5. The van der Waals surface area contributed by atoms with Gasteiger partial charge in [0.2, 0.25) is 10.0 Å². The van der Waals surface area contributed by atoms with Crippen molar-refractivity contribution >= 4 is 33.2 Å². The molecule has 1 heterocycles.